The highest BCUT2D eigenvalue weighted by Gasteiger charge is 2.19. The third-order valence-corrected chi connectivity index (χ3v) is 2.81. The van der Waals surface area contributed by atoms with Gasteiger partial charge in [-0.1, -0.05) is 0 Å². The minimum Gasteiger partial charge on any atom is -0.480 e. The predicted molar refractivity (Wildman–Crippen MR) is 72.5 cm³/mol. The van der Waals surface area contributed by atoms with Crippen molar-refractivity contribution in [2.45, 2.75) is 0 Å². The molecule has 20 heavy (non-hydrogen) atoms. The van der Waals surface area contributed by atoms with Crippen molar-refractivity contribution in [3.05, 3.63) is 10.7 Å². The van der Waals surface area contributed by atoms with Gasteiger partial charge in [-0.2, -0.15) is 4.98 Å². The van der Waals surface area contributed by atoms with Gasteiger partial charge in [-0.15, -0.1) is 0 Å². The van der Waals surface area contributed by atoms with Crippen LogP contribution in [0, 0.1) is 0 Å². The van der Waals surface area contributed by atoms with Gasteiger partial charge in [0.15, 0.2) is 0 Å². The molecule has 0 saturated carbocycles. The first kappa shape index (κ1) is 16.2. The molecule has 9 heteroatoms. The molecule has 0 aromatic carbocycles. The SMILES string of the molecule is COC(=O)CN(CC(=O)OC)c1ncc(Br)c(OC)n1. The van der Waals surface area contributed by atoms with Crippen molar-refractivity contribution in [2.24, 2.45) is 0 Å². The van der Waals surface area contributed by atoms with Crippen molar-refractivity contribution >= 4 is 33.8 Å². The maximum Gasteiger partial charge on any atom is 0.325 e. The maximum atomic E-state index is 11.4. The van der Waals surface area contributed by atoms with Crippen molar-refractivity contribution in [3.8, 4) is 5.88 Å². The summed E-state index contributed by atoms with van der Waals surface area (Å²) in [6, 6.07) is 0. The van der Waals surface area contributed by atoms with Gasteiger partial charge in [0.25, 0.3) is 0 Å². The number of hydrogen-bond acceptors (Lipinski definition) is 8. The molecule has 0 bridgehead atoms. The predicted octanol–water partition coefficient (Wildman–Crippen LogP) is 0.400. The van der Waals surface area contributed by atoms with Crippen LogP contribution in [0.5, 0.6) is 5.88 Å². The molecular formula is C11H14BrN3O5. The van der Waals surface area contributed by atoms with Gasteiger partial charge < -0.3 is 19.1 Å². The monoisotopic (exact) mass is 347 g/mol. The second-order valence-electron chi connectivity index (χ2n) is 3.54. The molecule has 0 aliphatic heterocycles. The Morgan fingerprint density at radius 2 is 1.75 bits per heavy atom. The standard InChI is InChI=1S/C11H14BrN3O5/c1-18-8(16)5-15(6-9(17)19-2)11-13-4-7(12)10(14-11)20-3/h4H,5-6H2,1-3H3. The Kier molecular flexibility index (Phi) is 6.16. The minimum absolute atomic E-state index is 0.154. The molecule has 1 aromatic heterocycles. The molecule has 0 amide bonds. The lowest BCUT2D eigenvalue weighted by Gasteiger charge is -2.20. The first-order chi connectivity index (χ1) is 9.51. The summed E-state index contributed by atoms with van der Waals surface area (Å²) in [4.78, 5) is 32.2. The smallest absolute Gasteiger partial charge is 0.325 e. The lowest BCUT2D eigenvalue weighted by Crippen LogP contribution is -2.36. The zero-order chi connectivity index (χ0) is 15.1. The van der Waals surface area contributed by atoms with Gasteiger partial charge in [-0.05, 0) is 15.9 Å². The molecule has 0 aliphatic carbocycles. The van der Waals surface area contributed by atoms with E-state index in [0.29, 0.717) is 4.47 Å². The zero-order valence-electron chi connectivity index (χ0n) is 11.3. The third kappa shape index (κ3) is 4.34. The molecule has 0 N–H and O–H groups in total. The van der Waals surface area contributed by atoms with E-state index in [1.165, 1.54) is 32.4 Å². The van der Waals surface area contributed by atoms with Crippen LogP contribution in [-0.2, 0) is 19.1 Å². The van der Waals surface area contributed by atoms with Crippen LogP contribution < -0.4 is 9.64 Å². The van der Waals surface area contributed by atoms with E-state index in [-0.39, 0.29) is 24.9 Å². The van der Waals surface area contributed by atoms with Crippen molar-refractivity contribution in [1.82, 2.24) is 9.97 Å². The van der Waals surface area contributed by atoms with E-state index in [4.69, 9.17) is 4.74 Å². The molecule has 110 valence electrons. The summed E-state index contributed by atoms with van der Waals surface area (Å²) in [7, 11) is 3.95. The quantitative estimate of drug-likeness (QED) is 0.683. The number of ether oxygens (including phenoxy) is 3. The average Bonchev–Trinajstić information content (AvgIpc) is 2.46. The number of rotatable bonds is 6. The summed E-state index contributed by atoms with van der Waals surface area (Å²) in [6.45, 7) is -0.368. The van der Waals surface area contributed by atoms with Gasteiger partial charge in [0.05, 0.1) is 32.0 Å². The highest BCUT2D eigenvalue weighted by atomic mass is 79.9. The van der Waals surface area contributed by atoms with Crippen LogP contribution in [0.4, 0.5) is 5.95 Å². The fourth-order valence-corrected chi connectivity index (χ4v) is 1.63. The Morgan fingerprint density at radius 1 is 1.20 bits per heavy atom. The molecule has 0 saturated heterocycles. The summed E-state index contributed by atoms with van der Waals surface area (Å²) in [5, 5.41) is 0. The van der Waals surface area contributed by atoms with Crippen LogP contribution >= 0.6 is 15.9 Å². The molecule has 8 nitrogen and oxygen atoms in total. The lowest BCUT2D eigenvalue weighted by atomic mass is 10.4. The largest absolute Gasteiger partial charge is 0.480 e. The van der Waals surface area contributed by atoms with Crippen LogP contribution in [0.2, 0.25) is 0 Å². The summed E-state index contributed by atoms with van der Waals surface area (Å²) < 4.78 is 14.7. The highest BCUT2D eigenvalue weighted by molar-refractivity contribution is 9.10. The second-order valence-corrected chi connectivity index (χ2v) is 4.39. The number of methoxy groups -OCH3 is 3. The second kappa shape index (κ2) is 7.63. The Morgan fingerprint density at radius 3 is 2.20 bits per heavy atom. The van der Waals surface area contributed by atoms with Crippen molar-refractivity contribution < 1.29 is 23.8 Å². The molecule has 0 spiro atoms. The highest BCUT2D eigenvalue weighted by Crippen LogP contribution is 2.23. The van der Waals surface area contributed by atoms with Gasteiger partial charge >= 0.3 is 11.9 Å². The number of anilines is 1. The van der Waals surface area contributed by atoms with Gasteiger partial charge in [0.2, 0.25) is 11.8 Å². The Bertz CT molecular complexity index is 479. The number of carbonyl (C=O) groups is 2. The minimum atomic E-state index is -0.528. The molecule has 0 unspecified atom stereocenters. The van der Waals surface area contributed by atoms with E-state index in [9.17, 15) is 9.59 Å². The van der Waals surface area contributed by atoms with Crippen LogP contribution in [0.15, 0.2) is 10.7 Å². The van der Waals surface area contributed by atoms with E-state index in [1.54, 1.807) is 0 Å². The summed E-state index contributed by atoms with van der Waals surface area (Å²) >= 11 is 3.22. The van der Waals surface area contributed by atoms with E-state index < -0.39 is 11.9 Å². The topological polar surface area (TPSA) is 90.9 Å². The van der Waals surface area contributed by atoms with E-state index in [0.717, 1.165) is 0 Å². The van der Waals surface area contributed by atoms with Crippen LogP contribution in [0.1, 0.15) is 0 Å². The molecule has 0 fully saturated rings. The first-order valence-corrected chi connectivity index (χ1v) is 6.26. The fourth-order valence-electron chi connectivity index (χ4n) is 1.28. The number of halogens is 1. The maximum absolute atomic E-state index is 11.4. The molecule has 0 radical (unpaired) electrons. The Labute approximate surface area is 124 Å². The number of carbonyl (C=O) groups excluding carboxylic acids is 2. The Hall–Kier alpha value is -1.90. The molecule has 0 atom stereocenters. The zero-order valence-corrected chi connectivity index (χ0v) is 12.8. The summed E-state index contributed by atoms with van der Waals surface area (Å²) in [5.41, 5.74) is 0. The summed E-state index contributed by atoms with van der Waals surface area (Å²) in [5.74, 6) is -0.616. The average molecular weight is 348 g/mol. The molecule has 0 aliphatic rings. The van der Waals surface area contributed by atoms with Gasteiger partial charge in [-0.25, -0.2) is 4.98 Å². The van der Waals surface area contributed by atoms with Crippen LogP contribution in [-0.4, -0.2) is 56.3 Å². The van der Waals surface area contributed by atoms with E-state index in [2.05, 4.69) is 35.4 Å². The number of hydrogen-bond donors (Lipinski definition) is 0. The van der Waals surface area contributed by atoms with Crippen LogP contribution in [0.25, 0.3) is 0 Å². The first-order valence-electron chi connectivity index (χ1n) is 5.47. The van der Waals surface area contributed by atoms with Gasteiger partial charge in [0.1, 0.15) is 13.1 Å². The molecule has 1 aromatic rings. The normalized spacial score (nSPS) is 9.80. The fraction of sp³-hybridized carbons (Fsp3) is 0.455. The van der Waals surface area contributed by atoms with Crippen LogP contribution in [0.3, 0.4) is 0 Å². The van der Waals surface area contributed by atoms with Crippen molar-refractivity contribution in [3.63, 3.8) is 0 Å². The van der Waals surface area contributed by atoms with Crippen molar-refractivity contribution in [1.29, 1.82) is 0 Å². The van der Waals surface area contributed by atoms with E-state index in [1.807, 2.05) is 0 Å². The lowest BCUT2D eigenvalue weighted by molar-refractivity contribution is -0.140. The third-order valence-electron chi connectivity index (χ3n) is 2.27. The van der Waals surface area contributed by atoms with Gasteiger partial charge in [0, 0.05) is 0 Å². The molecule has 1 heterocycles. The van der Waals surface area contributed by atoms with Gasteiger partial charge in [-0.3, -0.25) is 9.59 Å². The number of nitrogens with zero attached hydrogens (tertiary/aromatic N) is 3. The molecule has 1 rings (SSSR count). The molecular weight excluding hydrogens is 334 g/mol. The number of aromatic nitrogens is 2. The number of esters is 2. The van der Waals surface area contributed by atoms with E-state index >= 15 is 0 Å². The Balaban J connectivity index is 3.02. The summed E-state index contributed by atoms with van der Waals surface area (Å²) in [6.07, 6.45) is 1.46. The van der Waals surface area contributed by atoms with Crippen molar-refractivity contribution in [2.75, 3.05) is 39.3 Å².